The summed E-state index contributed by atoms with van der Waals surface area (Å²) in [6.07, 6.45) is 1.79. The topological polar surface area (TPSA) is 77.0 Å². The van der Waals surface area contributed by atoms with Crippen LogP contribution < -0.4 is 15.5 Å². The van der Waals surface area contributed by atoms with Crippen molar-refractivity contribution < 1.29 is 9.59 Å². The van der Waals surface area contributed by atoms with Gasteiger partial charge in [-0.15, -0.1) is 35.3 Å². The van der Waals surface area contributed by atoms with Gasteiger partial charge in [0.05, 0.1) is 6.04 Å². The maximum Gasteiger partial charge on any atom is 0.229 e. The van der Waals surface area contributed by atoms with Gasteiger partial charge in [0.1, 0.15) is 0 Å². The number of fused-ring (bicyclic) bond motifs is 1. The fraction of sp³-hybridized carbons (Fsp3) is 0.409. The van der Waals surface area contributed by atoms with Crippen LogP contribution in [0, 0.1) is 0 Å². The number of hydrogen-bond acceptors (Lipinski definition) is 4. The Kier molecular flexibility index (Phi) is 8.30. The van der Waals surface area contributed by atoms with E-state index in [1.165, 1.54) is 10.4 Å². The van der Waals surface area contributed by atoms with Gasteiger partial charge in [-0.05, 0) is 35.6 Å². The molecule has 1 unspecified atom stereocenters. The summed E-state index contributed by atoms with van der Waals surface area (Å²) in [7, 11) is 1.70. The van der Waals surface area contributed by atoms with E-state index in [0.29, 0.717) is 38.4 Å². The maximum atomic E-state index is 12.6. The number of nitrogens with zero attached hydrogens (tertiary/aromatic N) is 3. The minimum atomic E-state index is -0.0151. The predicted molar refractivity (Wildman–Crippen MR) is 135 cm³/mol. The lowest BCUT2D eigenvalue weighted by Gasteiger charge is -2.27. The van der Waals surface area contributed by atoms with E-state index in [1.807, 2.05) is 35.2 Å². The Morgan fingerprint density at radius 2 is 2.06 bits per heavy atom. The van der Waals surface area contributed by atoms with Crippen LogP contribution in [0.25, 0.3) is 0 Å². The Balaban J connectivity index is 0.00000272. The van der Waals surface area contributed by atoms with Crippen LogP contribution in [0.5, 0.6) is 0 Å². The molecule has 1 atom stereocenters. The summed E-state index contributed by atoms with van der Waals surface area (Å²) in [4.78, 5) is 34.3. The van der Waals surface area contributed by atoms with Crippen molar-refractivity contribution >= 4 is 58.8 Å². The molecule has 166 valence electrons. The van der Waals surface area contributed by atoms with Crippen molar-refractivity contribution in [2.24, 2.45) is 4.99 Å². The Morgan fingerprint density at radius 3 is 2.84 bits per heavy atom. The zero-order valence-corrected chi connectivity index (χ0v) is 20.7. The molecule has 2 aliphatic heterocycles. The van der Waals surface area contributed by atoms with Crippen LogP contribution in [0.2, 0.25) is 0 Å². The monoisotopic (exact) mass is 553 g/mol. The van der Waals surface area contributed by atoms with Crippen LogP contribution in [0.3, 0.4) is 0 Å². The maximum absolute atomic E-state index is 12.6. The molecule has 4 rings (SSSR count). The Bertz CT molecular complexity index is 933. The van der Waals surface area contributed by atoms with E-state index in [2.05, 4.69) is 27.1 Å². The summed E-state index contributed by atoms with van der Waals surface area (Å²) < 4.78 is 0. The van der Waals surface area contributed by atoms with Crippen molar-refractivity contribution in [2.45, 2.75) is 31.8 Å². The number of para-hydroxylation sites is 1. The molecule has 1 saturated heterocycles. The molecule has 2 aliphatic rings. The molecule has 2 N–H and O–H groups in total. The van der Waals surface area contributed by atoms with Gasteiger partial charge in [0.25, 0.3) is 0 Å². The molecule has 0 saturated carbocycles. The molecular formula is C22H28IN5O2S. The summed E-state index contributed by atoms with van der Waals surface area (Å²) in [6, 6.07) is 11.8. The highest BCUT2D eigenvalue weighted by molar-refractivity contribution is 14.0. The second kappa shape index (κ2) is 10.9. The number of carbonyl (C=O) groups excluding carboxylic acids is 2. The summed E-state index contributed by atoms with van der Waals surface area (Å²) in [5, 5.41) is 8.62. The second-order valence-electron chi connectivity index (χ2n) is 7.57. The average Bonchev–Trinajstić information content (AvgIpc) is 3.39. The molecule has 0 radical (unpaired) electrons. The van der Waals surface area contributed by atoms with Gasteiger partial charge in [-0.1, -0.05) is 18.2 Å². The first-order valence-corrected chi connectivity index (χ1v) is 11.2. The van der Waals surface area contributed by atoms with E-state index in [-0.39, 0.29) is 41.8 Å². The fourth-order valence-corrected chi connectivity index (χ4v) is 4.85. The lowest BCUT2D eigenvalue weighted by molar-refractivity contribution is -0.131. The number of aliphatic imine (C=N–C) groups is 1. The van der Waals surface area contributed by atoms with E-state index in [1.54, 1.807) is 23.3 Å². The van der Waals surface area contributed by atoms with Crippen LogP contribution >= 0.6 is 35.3 Å². The summed E-state index contributed by atoms with van der Waals surface area (Å²) in [5.41, 5.74) is 2.19. The number of rotatable bonds is 5. The number of nitrogens with one attached hydrogen (secondary N) is 2. The zero-order chi connectivity index (χ0) is 20.9. The number of guanidine groups is 1. The van der Waals surface area contributed by atoms with Gasteiger partial charge >= 0.3 is 0 Å². The molecule has 1 aromatic carbocycles. The van der Waals surface area contributed by atoms with Crippen molar-refractivity contribution in [1.82, 2.24) is 15.5 Å². The average molecular weight is 553 g/mol. The highest BCUT2D eigenvalue weighted by Crippen LogP contribution is 2.24. The number of anilines is 1. The first-order valence-electron chi connectivity index (χ1n) is 10.3. The number of amides is 2. The van der Waals surface area contributed by atoms with Crippen molar-refractivity contribution in [1.29, 1.82) is 0 Å². The molecule has 7 nitrogen and oxygen atoms in total. The quantitative estimate of drug-likeness (QED) is 0.339. The SMILES string of the molecule is CN=C(NCCC(=O)N1CCc2sccc2C1)NC1CC(=O)N(c2ccccc2)C1.I. The normalized spacial score (nSPS) is 18.4. The number of hydrogen-bond donors (Lipinski definition) is 2. The zero-order valence-electron chi connectivity index (χ0n) is 17.5. The second-order valence-corrected chi connectivity index (χ2v) is 8.57. The third-order valence-corrected chi connectivity index (χ3v) is 6.57. The molecular weight excluding hydrogens is 525 g/mol. The molecule has 9 heteroatoms. The van der Waals surface area contributed by atoms with Crippen LogP contribution in [0.4, 0.5) is 5.69 Å². The summed E-state index contributed by atoms with van der Waals surface area (Å²) in [6.45, 7) is 2.61. The van der Waals surface area contributed by atoms with E-state index >= 15 is 0 Å². The highest BCUT2D eigenvalue weighted by atomic mass is 127. The molecule has 0 aliphatic carbocycles. The smallest absolute Gasteiger partial charge is 0.229 e. The van der Waals surface area contributed by atoms with Crippen molar-refractivity contribution in [3.8, 4) is 0 Å². The highest BCUT2D eigenvalue weighted by Gasteiger charge is 2.31. The molecule has 2 aromatic rings. The Hall–Kier alpha value is -2.14. The molecule has 1 aromatic heterocycles. The van der Waals surface area contributed by atoms with E-state index < -0.39 is 0 Å². The minimum Gasteiger partial charge on any atom is -0.356 e. The van der Waals surface area contributed by atoms with Gasteiger partial charge in [0.2, 0.25) is 11.8 Å². The first kappa shape index (κ1) is 23.5. The van der Waals surface area contributed by atoms with Crippen LogP contribution in [0.1, 0.15) is 23.3 Å². The lowest BCUT2D eigenvalue weighted by Crippen LogP contribution is -2.45. The van der Waals surface area contributed by atoms with E-state index in [9.17, 15) is 9.59 Å². The minimum absolute atomic E-state index is 0. The number of carbonyl (C=O) groups is 2. The van der Waals surface area contributed by atoms with Crippen LogP contribution in [0.15, 0.2) is 46.8 Å². The number of thiophene rings is 1. The Morgan fingerprint density at radius 1 is 1.26 bits per heavy atom. The van der Waals surface area contributed by atoms with E-state index in [0.717, 1.165) is 18.7 Å². The van der Waals surface area contributed by atoms with Crippen molar-refractivity contribution in [3.05, 3.63) is 52.2 Å². The van der Waals surface area contributed by atoms with Gasteiger partial charge in [-0.3, -0.25) is 14.6 Å². The summed E-state index contributed by atoms with van der Waals surface area (Å²) >= 11 is 1.78. The van der Waals surface area contributed by atoms with E-state index in [4.69, 9.17) is 0 Å². The fourth-order valence-electron chi connectivity index (χ4n) is 3.96. The van der Waals surface area contributed by atoms with Gasteiger partial charge in [0.15, 0.2) is 5.96 Å². The van der Waals surface area contributed by atoms with Gasteiger partial charge < -0.3 is 20.4 Å². The number of halogens is 1. The van der Waals surface area contributed by atoms with Gasteiger partial charge in [0, 0.05) is 56.6 Å². The molecule has 2 amide bonds. The summed E-state index contributed by atoms with van der Waals surface area (Å²) in [5.74, 6) is 0.873. The third kappa shape index (κ3) is 5.76. The molecule has 0 spiro atoms. The third-order valence-electron chi connectivity index (χ3n) is 5.55. The molecule has 31 heavy (non-hydrogen) atoms. The largest absolute Gasteiger partial charge is 0.356 e. The van der Waals surface area contributed by atoms with Gasteiger partial charge in [-0.25, -0.2) is 0 Å². The molecule has 0 bridgehead atoms. The van der Waals surface area contributed by atoms with Crippen LogP contribution in [-0.4, -0.2) is 55.4 Å². The first-order chi connectivity index (χ1) is 14.6. The van der Waals surface area contributed by atoms with Crippen LogP contribution in [-0.2, 0) is 22.6 Å². The number of benzene rings is 1. The Labute approximate surface area is 203 Å². The van der Waals surface area contributed by atoms with Crippen molar-refractivity contribution in [2.75, 3.05) is 31.6 Å². The molecule has 3 heterocycles. The predicted octanol–water partition coefficient (Wildman–Crippen LogP) is 2.61. The standard InChI is InChI=1S/C22H27N5O2S.HI/c1-23-22(25-17-13-21(29)27(15-17)18-5-3-2-4-6-18)24-10-7-20(28)26-11-8-19-16(14-26)9-12-30-19;/h2-6,9,12,17H,7-8,10-11,13-15H2,1H3,(H2,23,24,25);1H. The lowest BCUT2D eigenvalue weighted by atomic mass is 10.1. The van der Waals surface area contributed by atoms with Gasteiger partial charge in [-0.2, -0.15) is 0 Å². The van der Waals surface area contributed by atoms with Crippen molar-refractivity contribution in [3.63, 3.8) is 0 Å². The molecule has 1 fully saturated rings.